The molecule has 0 aliphatic rings. The zero-order valence-corrected chi connectivity index (χ0v) is 14.2. The minimum atomic E-state index is 0.533. The third-order valence-electron chi connectivity index (χ3n) is 2.97. The Bertz CT molecular complexity index is 211. The maximum atomic E-state index is 5.50. The maximum absolute atomic E-state index is 5.50. The van der Waals surface area contributed by atoms with E-state index in [-0.39, 0.29) is 0 Å². The van der Waals surface area contributed by atoms with Crippen LogP contribution in [0, 0.1) is 0 Å². The summed E-state index contributed by atoms with van der Waals surface area (Å²) >= 11 is 0. The van der Waals surface area contributed by atoms with Crippen molar-refractivity contribution in [2.24, 2.45) is 0 Å². The molecule has 0 fully saturated rings. The average Bonchev–Trinajstić information content (AvgIpc) is 2.54. The molecule has 0 atom stereocenters. The molecular formula is C17H34O5. The highest BCUT2D eigenvalue weighted by Crippen LogP contribution is 2.02. The van der Waals surface area contributed by atoms with Crippen LogP contribution in [0.5, 0.6) is 0 Å². The van der Waals surface area contributed by atoms with Gasteiger partial charge in [0.2, 0.25) is 0 Å². The van der Waals surface area contributed by atoms with E-state index in [2.05, 4.69) is 13.5 Å². The van der Waals surface area contributed by atoms with E-state index in [1.807, 2.05) is 0 Å². The lowest BCUT2D eigenvalue weighted by molar-refractivity contribution is -0.00638. The maximum Gasteiger partial charge on any atom is 0.111 e. The van der Waals surface area contributed by atoms with Gasteiger partial charge in [-0.1, -0.05) is 39.2 Å². The Morgan fingerprint density at radius 2 is 1.05 bits per heavy atom. The van der Waals surface area contributed by atoms with Crippen molar-refractivity contribution in [2.45, 2.75) is 39.0 Å². The molecule has 0 radical (unpaired) electrons. The Kier molecular flexibility index (Phi) is 19.8. The van der Waals surface area contributed by atoms with E-state index in [0.717, 1.165) is 13.0 Å². The van der Waals surface area contributed by atoms with Crippen molar-refractivity contribution < 1.29 is 23.7 Å². The van der Waals surface area contributed by atoms with Crippen LogP contribution in [-0.4, -0.2) is 59.5 Å². The van der Waals surface area contributed by atoms with Crippen molar-refractivity contribution in [3.63, 3.8) is 0 Å². The van der Waals surface area contributed by atoms with Crippen LogP contribution in [0.15, 0.2) is 12.8 Å². The van der Waals surface area contributed by atoms with Gasteiger partial charge in [-0.15, -0.1) is 0 Å². The van der Waals surface area contributed by atoms with Gasteiger partial charge in [-0.05, 0) is 6.42 Å². The summed E-state index contributed by atoms with van der Waals surface area (Å²) in [4.78, 5) is 0. The van der Waals surface area contributed by atoms with Crippen molar-refractivity contribution in [1.29, 1.82) is 0 Å². The highest BCUT2D eigenvalue weighted by molar-refractivity contribution is 4.47. The standard InChI is InChI=1S/C17H34O5/c1-3-5-6-7-8-9-19-12-13-21-16-17-22-15-14-20-11-10-18-4-2/h4H,2-3,5-17H2,1H3. The van der Waals surface area contributed by atoms with Crippen molar-refractivity contribution in [1.82, 2.24) is 0 Å². The molecule has 0 rings (SSSR count). The third kappa shape index (κ3) is 19.4. The predicted octanol–water partition coefficient (Wildman–Crippen LogP) is 3.18. The summed E-state index contributed by atoms with van der Waals surface area (Å²) in [6.07, 6.45) is 7.76. The molecule has 0 aliphatic heterocycles. The number of unbranched alkanes of at least 4 members (excludes halogenated alkanes) is 4. The van der Waals surface area contributed by atoms with Crippen molar-refractivity contribution in [3.8, 4) is 0 Å². The van der Waals surface area contributed by atoms with Crippen LogP contribution in [-0.2, 0) is 23.7 Å². The molecule has 0 aromatic carbocycles. The summed E-state index contributed by atoms with van der Waals surface area (Å²) in [6.45, 7) is 11.2. The molecule has 0 spiro atoms. The van der Waals surface area contributed by atoms with E-state index in [4.69, 9.17) is 23.7 Å². The summed E-state index contributed by atoms with van der Waals surface area (Å²) in [5.74, 6) is 0. The highest BCUT2D eigenvalue weighted by Gasteiger charge is 1.93. The monoisotopic (exact) mass is 318 g/mol. The molecule has 0 unspecified atom stereocenters. The van der Waals surface area contributed by atoms with Crippen LogP contribution in [0.4, 0.5) is 0 Å². The molecule has 0 aliphatic carbocycles. The lowest BCUT2D eigenvalue weighted by Crippen LogP contribution is -2.13. The van der Waals surface area contributed by atoms with Gasteiger partial charge in [-0.25, -0.2) is 0 Å². The number of ether oxygens (including phenoxy) is 5. The Hall–Kier alpha value is -0.620. The minimum absolute atomic E-state index is 0.533. The normalized spacial score (nSPS) is 10.8. The quantitative estimate of drug-likeness (QED) is 0.270. The van der Waals surface area contributed by atoms with Gasteiger partial charge >= 0.3 is 0 Å². The Balaban J connectivity index is 2.92. The van der Waals surface area contributed by atoms with E-state index in [0.29, 0.717) is 52.9 Å². The fraction of sp³-hybridized carbons (Fsp3) is 0.882. The van der Waals surface area contributed by atoms with Gasteiger partial charge in [0.1, 0.15) is 6.61 Å². The second-order valence-electron chi connectivity index (χ2n) is 4.90. The number of rotatable bonds is 19. The van der Waals surface area contributed by atoms with Crippen molar-refractivity contribution in [3.05, 3.63) is 12.8 Å². The molecule has 0 N–H and O–H groups in total. The molecular weight excluding hydrogens is 284 g/mol. The van der Waals surface area contributed by atoms with Gasteiger partial charge in [0.15, 0.2) is 0 Å². The Morgan fingerprint density at radius 3 is 1.55 bits per heavy atom. The van der Waals surface area contributed by atoms with Crippen LogP contribution in [0.25, 0.3) is 0 Å². The van der Waals surface area contributed by atoms with E-state index in [1.165, 1.54) is 31.9 Å². The number of hydrogen-bond donors (Lipinski definition) is 0. The first-order valence-corrected chi connectivity index (χ1v) is 8.45. The van der Waals surface area contributed by atoms with E-state index < -0.39 is 0 Å². The second kappa shape index (κ2) is 20.4. The van der Waals surface area contributed by atoms with Gasteiger partial charge in [-0.2, -0.15) is 0 Å². The molecule has 0 aromatic rings. The smallest absolute Gasteiger partial charge is 0.111 e. The van der Waals surface area contributed by atoms with Crippen LogP contribution in [0.2, 0.25) is 0 Å². The van der Waals surface area contributed by atoms with E-state index in [9.17, 15) is 0 Å². The molecule has 0 amide bonds. The summed E-state index contributed by atoms with van der Waals surface area (Å²) in [5, 5.41) is 0. The van der Waals surface area contributed by atoms with Crippen molar-refractivity contribution in [2.75, 3.05) is 59.5 Å². The van der Waals surface area contributed by atoms with E-state index >= 15 is 0 Å². The lowest BCUT2D eigenvalue weighted by atomic mass is 10.2. The summed E-state index contributed by atoms with van der Waals surface area (Å²) in [7, 11) is 0. The second-order valence-corrected chi connectivity index (χ2v) is 4.90. The largest absolute Gasteiger partial charge is 0.499 e. The van der Waals surface area contributed by atoms with Crippen LogP contribution < -0.4 is 0 Å². The molecule has 0 heterocycles. The fourth-order valence-electron chi connectivity index (χ4n) is 1.76. The molecule has 5 nitrogen and oxygen atoms in total. The average molecular weight is 318 g/mol. The number of hydrogen-bond acceptors (Lipinski definition) is 5. The Morgan fingerprint density at radius 1 is 0.591 bits per heavy atom. The van der Waals surface area contributed by atoms with Gasteiger partial charge < -0.3 is 23.7 Å². The molecule has 22 heavy (non-hydrogen) atoms. The topological polar surface area (TPSA) is 46.2 Å². The Labute approximate surface area is 135 Å². The first-order chi connectivity index (χ1) is 10.9. The zero-order valence-electron chi connectivity index (χ0n) is 14.2. The minimum Gasteiger partial charge on any atom is -0.499 e. The molecule has 5 heteroatoms. The van der Waals surface area contributed by atoms with Gasteiger partial charge in [0.25, 0.3) is 0 Å². The third-order valence-corrected chi connectivity index (χ3v) is 2.97. The van der Waals surface area contributed by atoms with Crippen LogP contribution in [0.1, 0.15) is 39.0 Å². The van der Waals surface area contributed by atoms with Crippen LogP contribution in [0.3, 0.4) is 0 Å². The lowest BCUT2D eigenvalue weighted by Gasteiger charge is -2.07. The molecule has 0 bridgehead atoms. The van der Waals surface area contributed by atoms with Crippen molar-refractivity contribution >= 4 is 0 Å². The summed E-state index contributed by atoms with van der Waals surface area (Å²) in [5.41, 5.74) is 0. The molecule has 132 valence electrons. The zero-order chi connectivity index (χ0) is 16.1. The van der Waals surface area contributed by atoms with Crippen LogP contribution >= 0.6 is 0 Å². The van der Waals surface area contributed by atoms with Gasteiger partial charge in [0, 0.05) is 6.61 Å². The summed E-state index contributed by atoms with van der Waals surface area (Å²) < 4.78 is 26.5. The van der Waals surface area contributed by atoms with Gasteiger partial charge in [0.05, 0.1) is 52.5 Å². The predicted molar refractivity (Wildman–Crippen MR) is 88.2 cm³/mol. The first-order valence-electron chi connectivity index (χ1n) is 8.45. The van der Waals surface area contributed by atoms with Gasteiger partial charge in [-0.3, -0.25) is 0 Å². The van der Waals surface area contributed by atoms with E-state index in [1.54, 1.807) is 0 Å². The first kappa shape index (κ1) is 21.4. The molecule has 0 aromatic heterocycles. The molecule has 0 saturated carbocycles. The summed E-state index contributed by atoms with van der Waals surface area (Å²) in [6, 6.07) is 0. The highest BCUT2D eigenvalue weighted by atomic mass is 16.6. The SMILES string of the molecule is C=COCCOCCOCCOCCOCCCCCCC. The molecule has 0 saturated heterocycles. The fourth-order valence-corrected chi connectivity index (χ4v) is 1.76.